The molecule has 6 heteroatoms. The lowest BCUT2D eigenvalue weighted by Gasteiger charge is -2.21. The lowest BCUT2D eigenvalue weighted by Crippen LogP contribution is -2.46. The van der Waals surface area contributed by atoms with Crippen molar-refractivity contribution in [2.24, 2.45) is 5.73 Å². The monoisotopic (exact) mass is 242 g/mol. The Morgan fingerprint density at radius 3 is 2.53 bits per heavy atom. The summed E-state index contributed by atoms with van der Waals surface area (Å²) in [4.78, 5) is 24.7. The molecule has 0 spiro atoms. The van der Waals surface area contributed by atoms with Crippen LogP contribution in [0.2, 0.25) is 0 Å². The first-order valence-corrected chi connectivity index (χ1v) is 6.10. The first-order valence-electron chi connectivity index (χ1n) is 6.10. The number of hydrogen-bond donors (Lipinski definition) is 3. The van der Waals surface area contributed by atoms with E-state index in [4.69, 9.17) is 5.73 Å². The fourth-order valence-electron chi connectivity index (χ4n) is 1.98. The third-order valence-electron chi connectivity index (χ3n) is 2.77. The summed E-state index contributed by atoms with van der Waals surface area (Å²) in [6.45, 7) is 4.99. The molecule has 2 amide bonds. The molecule has 1 aliphatic heterocycles. The first kappa shape index (κ1) is 13.9. The molecule has 1 unspecified atom stereocenters. The fourth-order valence-corrected chi connectivity index (χ4v) is 1.98. The van der Waals surface area contributed by atoms with Gasteiger partial charge in [0.2, 0.25) is 11.8 Å². The number of carbonyl (C=O) groups excluding carboxylic acids is 2. The number of nitrogens with two attached hydrogens (primary N) is 1. The highest BCUT2D eigenvalue weighted by molar-refractivity contribution is 5.85. The van der Waals surface area contributed by atoms with Crippen molar-refractivity contribution in [3.63, 3.8) is 0 Å². The van der Waals surface area contributed by atoms with Gasteiger partial charge in [0.1, 0.15) is 0 Å². The Morgan fingerprint density at radius 1 is 1.29 bits per heavy atom. The highest BCUT2D eigenvalue weighted by atomic mass is 16.2. The normalized spacial score (nSPS) is 17.8. The molecule has 1 atom stereocenters. The molecule has 1 aliphatic rings. The molecular weight excluding hydrogens is 220 g/mol. The average Bonchev–Trinajstić information content (AvgIpc) is 2.78. The Labute approximate surface area is 102 Å². The van der Waals surface area contributed by atoms with Crippen LogP contribution in [0.4, 0.5) is 0 Å². The summed E-state index contributed by atoms with van der Waals surface area (Å²) in [5.41, 5.74) is 5.12. The Morgan fingerprint density at radius 2 is 1.94 bits per heavy atom. The van der Waals surface area contributed by atoms with Crippen LogP contribution < -0.4 is 16.4 Å². The van der Waals surface area contributed by atoms with Gasteiger partial charge in [-0.1, -0.05) is 0 Å². The average molecular weight is 242 g/mol. The minimum Gasteiger partial charge on any atom is -0.351 e. The number of likely N-dealkylation sites (tertiary alicyclic amines) is 1. The van der Waals surface area contributed by atoms with E-state index in [-0.39, 0.29) is 30.9 Å². The van der Waals surface area contributed by atoms with Crippen molar-refractivity contribution in [1.29, 1.82) is 0 Å². The van der Waals surface area contributed by atoms with Gasteiger partial charge in [0.15, 0.2) is 0 Å². The summed E-state index contributed by atoms with van der Waals surface area (Å²) in [6.07, 6.45) is 2.49. The number of rotatable bonds is 6. The molecule has 98 valence electrons. The molecule has 4 N–H and O–H groups in total. The molecule has 1 rings (SSSR count). The smallest absolute Gasteiger partial charge is 0.239 e. The van der Waals surface area contributed by atoms with Gasteiger partial charge in [0.05, 0.1) is 13.1 Å². The van der Waals surface area contributed by atoms with Crippen LogP contribution in [-0.4, -0.2) is 55.5 Å². The van der Waals surface area contributed by atoms with E-state index in [1.165, 1.54) is 12.8 Å². The molecular formula is C11H22N4O2. The second-order valence-corrected chi connectivity index (χ2v) is 4.46. The SMILES string of the molecule is CC(CN1CCCC1)NC(=O)CNC(=O)CN. The summed E-state index contributed by atoms with van der Waals surface area (Å²) < 4.78 is 0. The highest BCUT2D eigenvalue weighted by Gasteiger charge is 2.15. The molecule has 0 aromatic rings. The second-order valence-electron chi connectivity index (χ2n) is 4.46. The van der Waals surface area contributed by atoms with E-state index in [1.54, 1.807) is 0 Å². The predicted octanol–water partition coefficient (Wildman–Crippen LogP) is -1.34. The molecule has 0 bridgehead atoms. The van der Waals surface area contributed by atoms with E-state index >= 15 is 0 Å². The van der Waals surface area contributed by atoms with Crippen molar-refractivity contribution in [2.75, 3.05) is 32.7 Å². The molecule has 1 saturated heterocycles. The minimum absolute atomic E-state index is 0.000370. The molecule has 0 radical (unpaired) electrons. The molecule has 17 heavy (non-hydrogen) atoms. The van der Waals surface area contributed by atoms with Crippen LogP contribution in [0.25, 0.3) is 0 Å². The van der Waals surface area contributed by atoms with Crippen molar-refractivity contribution in [1.82, 2.24) is 15.5 Å². The van der Waals surface area contributed by atoms with E-state index in [2.05, 4.69) is 15.5 Å². The summed E-state index contributed by atoms with van der Waals surface area (Å²) in [5.74, 6) is -0.481. The topological polar surface area (TPSA) is 87.5 Å². The van der Waals surface area contributed by atoms with Crippen molar-refractivity contribution in [2.45, 2.75) is 25.8 Å². The van der Waals surface area contributed by atoms with E-state index in [0.717, 1.165) is 19.6 Å². The summed E-state index contributed by atoms with van der Waals surface area (Å²) in [7, 11) is 0. The van der Waals surface area contributed by atoms with Crippen molar-refractivity contribution in [3.8, 4) is 0 Å². The van der Waals surface area contributed by atoms with Crippen LogP contribution in [0, 0.1) is 0 Å². The van der Waals surface area contributed by atoms with Crippen molar-refractivity contribution >= 4 is 11.8 Å². The molecule has 0 aromatic carbocycles. The highest BCUT2D eigenvalue weighted by Crippen LogP contribution is 2.07. The third-order valence-corrected chi connectivity index (χ3v) is 2.77. The van der Waals surface area contributed by atoms with Crippen LogP contribution >= 0.6 is 0 Å². The van der Waals surface area contributed by atoms with E-state index in [0.29, 0.717) is 0 Å². The van der Waals surface area contributed by atoms with Crippen LogP contribution in [0.5, 0.6) is 0 Å². The quantitative estimate of drug-likeness (QED) is 0.538. The molecule has 0 aromatic heterocycles. The molecule has 1 fully saturated rings. The fraction of sp³-hybridized carbons (Fsp3) is 0.818. The molecule has 0 aliphatic carbocycles. The summed E-state index contributed by atoms with van der Waals surface area (Å²) >= 11 is 0. The number of nitrogens with zero attached hydrogens (tertiary/aromatic N) is 1. The van der Waals surface area contributed by atoms with Gasteiger partial charge < -0.3 is 21.3 Å². The van der Waals surface area contributed by atoms with Gasteiger partial charge >= 0.3 is 0 Å². The molecule has 1 heterocycles. The van der Waals surface area contributed by atoms with Gasteiger partial charge in [-0.25, -0.2) is 0 Å². The van der Waals surface area contributed by atoms with Crippen LogP contribution in [-0.2, 0) is 9.59 Å². The van der Waals surface area contributed by atoms with Crippen molar-refractivity contribution in [3.05, 3.63) is 0 Å². The van der Waals surface area contributed by atoms with Gasteiger partial charge in [-0.05, 0) is 32.9 Å². The number of carbonyl (C=O) groups is 2. The zero-order valence-electron chi connectivity index (χ0n) is 10.4. The maximum atomic E-state index is 11.5. The van der Waals surface area contributed by atoms with E-state index < -0.39 is 0 Å². The first-order chi connectivity index (χ1) is 8.11. The predicted molar refractivity (Wildman–Crippen MR) is 65.3 cm³/mol. The largest absolute Gasteiger partial charge is 0.351 e. The minimum atomic E-state index is -0.313. The number of amides is 2. The molecule has 6 nitrogen and oxygen atoms in total. The van der Waals surface area contributed by atoms with Gasteiger partial charge in [-0.2, -0.15) is 0 Å². The van der Waals surface area contributed by atoms with Crippen molar-refractivity contribution < 1.29 is 9.59 Å². The Balaban J connectivity index is 2.14. The third kappa shape index (κ3) is 5.65. The maximum absolute atomic E-state index is 11.5. The Bertz CT molecular complexity index is 264. The van der Waals surface area contributed by atoms with E-state index in [1.807, 2.05) is 6.92 Å². The lowest BCUT2D eigenvalue weighted by molar-refractivity contribution is -0.125. The van der Waals surface area contributed by atoms with Crippen LogP contribution in [0.3, 0.4) is 0 Å². The van der Waals surface area contributed by atoms with Gasteiger partial charge in [-0.3, -0.25) is 9.59 Å². The molecule has 0 saturated carbocycles. The number of nitrogens with one attached hydrogen (secondary N) is 2. The van der Waals surface area contributed by atoms with Crippen LogP contribution in [0.1, 0.15) is 19.8 Å². The van der Waals surface area contributed by atoms with Gasteiger partial charge in [0, 0.05) is 12.6 Å². The zero-order valence-corrected chi connectivity index (χ0v) is 10.4. The maximum Gasteiger partial charge on any atom is 0.239 e. The second kappa shape index (κ2) is 7.24. The summed E-state index contributed by atoms with van der Waals surface area (Å²) in [5, 5.41) is 5.29. The Kier molecular flexibility index (Phi) is 5.93. The number of hydrogen-bond acceptors (Lipinski definition) is 4. The lowest BCUT2D eigenvalue weighted by atomic mass is 10.3. The Hall–Kier alpha value is -1.14. The van der Waals surface area contributed by atoms with Gasteiger partial charge in [-0.15, -0.1) is 0 Å². The van der Waals surface area contributed by atoms with Crippen LogP contribution in [0.15, 0.2) is 0 Å². The van der Waals surface area contributed by atoms with Gasteiger partial charge in [0.25, 0.3) is 0 Å². The summed E-state index contributed by atoms with van der Waals surface area (Å²) in [6, 6.07) is 0.107. The standard InChI is InChI=1S/C11H22N4O2/c1-9(8-15-4-2-3-5-15)14-11(17)7-13-10(16)6-12/h9H,2-8,12H2,1H3,(H,13,16)(H,14,17). The van der Waals surface area contributed by atoms with E-state index in [9.17, 15) is 9.59 Å². The zero-order chi connectivity index (χ0) is 12.7.